The summed E-state index contributed by atoms with van der Waals surface area (Å²) in [5, 5.41) is 3.40. The minimum absolute atomic E-state index is 0.210. The molecule has 1 saturated heterocycles. The molecule has 1 aromatic rings. The molecule has 1 aliphatic heterocycles. The number of nitrogens with one attached hydrogen (secondary N) is 1. The Labute approximate surface area is 185 Å². The van der Waals surface area contributed by atoms with Crippen molar-refractivity contribution in [3.05, 3.63) is 28.2 Å². The molecule has 2 aliphatic rings. The smallest absolute Gasteiger partial charge is 0.244 e. The summed E-state index contributed by atoms with van der Waals surface area (Å²) in [5.41, 5.74) is 0.354. The van der Waals surface area contributed by atoms with Crippen LogP contribution in [0.15, 0.2) is 18.2 Å². The van der Waals surface area contributed by atoms with Gasteiger partial charge < -0.3 is 10.2 Å². The van der Waals surface area contributed by atoms with E-state index in [1.165, 1.54) is 11.0 Å². The first-order valence-corrected chi connectivity index (χ1v) is 10.9. The molecule has 7 nitrogen and oxygen atoms in total. The molecule has 1 saturated carbocycles. The fourth-order valence-electron chi connectivity index (χ4n) is 4.14. The number of carbonyl (C=O) groups excluding carboxylic acids is 4. The van der Waals surface area contributed by atoms with Gasteiger partial charge in [-0.2, -0.15) is 0 Å². The van der Waals surface area contributed by atoms with E-state index in [9.17, 15) is 19.2 Å². The first-order chi connectivity index (χ1) is 14.3. The van der Waals surface area contributed by atoms with Crippen LogP contribution in [0.25, 0.3) is 0 Å². The topological polar surface area (TPSA) is 86.8 Å². The minimum atomic E-state index is -0.436. The van der Waals surface area contributed by atoms with Gasteiger partial charge >= 0.3 is 0 Å². The van der Waals surface area contributed by atoms with Crippen molar-refractivity contribution in [2.24, 2.45) is 11.8 Å². The Balaban J connectivity index is 1.64. The van der Waals surface area contributed by atoms with Gasteiger partial charge in [0.05, 0.1) is 29.1 Å². The van der Waals surface area contributed by atoms with E-state index in [-0.39, 0.29) is 36.7 Å². The summed E-state index contributed by atoms with van der Waals surface area (Å²) < 4.78 is 0. The Morgan fingerprint density at radius 2 is 1.77 bits per heavy atom. The third-order valence-electron chi connectivity index (χ3n) is 5.61. The molecule has 0 aromatic heterocycles. The van der Waals surface area contributed by atoms with E-state index in [0.717, 1.165) is 17.7 Å². The molecule has 1 aliphatic carbocycles. The number of fused-ring (bicyclic) bond motifs is 1. The fraction of sp³-hybridized carbons (Fsp3) is 0.524. The van der Waals surface area contributed by atoms with Gasteiger partial charge in [0, 0.05) is 11.6 Å². The van der Waals surface area contributed by atoms with Gasteiger partial charge in [0.15, 0.2) is 0 Å². The third-order valence-corrected chi connectivity index (χ3v) is 6.17. The van der Waals surface area contributed by atoms with Crippen LogP contribution in [0.1, 0.15) is 39.0 Å². The number of imide groups is 1. The summed E-state index contributed by atoms with van der Waals surface area (Å²) in [5.74, 6) is -1.98. The fourth-order valence-corrected chi connectivity index (χ4v) is 4.48. The molecule has 1 heterocycles. The van der Waals surface area contributed by atoms with Crippen molar-refractivity contribution < 1.29 is 19.2 Å². The molecule has 0 unspecified atom stereocenters. The highest BCUT2D eigenvalue weighted by molar-refractivity contribution is 6.35. The zero-order valence-electron chi connectivity index (χ0n) is 16.8. The van der Waals surface area contributed by atoms with Gasteiger partial charge in [-0.3, -0.25) is 24.1 Å². The lowest BCUT2D eigenvalue weighted by Gasteiger charge is -2.24. The summed E-state index contributed by atoms with van der Waals surface area (Å²) in [6.45, 7) is 1.68. The third kappa shape index (κ3) is 4.95. The van der Waals surface area contributed by atoms with Crippen LogP contribution in [0.2, 0.25) is 10.0 Å². The molecule has 9 heteroatoms. The zero-order chi connectivity index (χ0) is 21.8. The van der Waals surface area contributed by atoms with E-state index in [0.29, 0.717) is 41.5 Å². The summed E-state index contributed by atoms with van der Waals surface area (Å²) in [6, 6.07) is 4.70. The monoisotopic (exact) mass is 453 g/mol. The maximum atomic E-state index is 12.8. The summed E-state index contributed by atoms with van der Waals surface area (Å²) in [4.78, 5) is 53.0. The highest BCUT2D eigenvalue weighted by Crippen LogP contribution is 2.37. The number of anilines is 1. The van der Waals surface area contributed by atoms with E-state index < -0.39 is 11.8 Å². The van der Waals surface area contributed by atoms with Gasteiger partial charge in [0.2, 0.25) is 23.6 Å². The lowest BCUT2D eigenvalue weighted by molar-refractivity contribution is -0.147. The first kappa shape index (κ1) is 22.6. The van der Waals surface area contributed by atoms with Crippen molar-refractivity contribution in [3.63, 3.8) is 0 Å². The maximum absolute atomic E-state index is 12.8. The van der Waals surface area contributed by atoms with Crippen molar-refractivity contribution in [2.75, 3.05) is 25.0 Å². The number of nitrogens with zero attached hydrogens (tertiary/aromatic N) is 2. The Kier molecular flexibility index (Phi) is 7.36. The average Bonchev–Trinajstić information content (AvgIpc) is 2.95. The molecule has 3 rings (SSSR count). The molecular weight excluding hydrogens is 429 g/mol. The maximum Gasteiger partial charge on any atom is 0.244 e. The number of likely N-dealkylation sites (tertiary alicyclic amines) is 1. The molecule has 2 fully saturated rings. The van der Waals surface area contributed by atoms with E-state index in [1.807, 2.05) is 6.92 Å². The van der Waals surface area contributed by atoms with Crippen LogP contribution >= 0.6 is 23.2 Å². The first-order valence-electron chi connectivity index (χ1n) is 10.2. The standard InChI is InChI=1S/C21H25Cl2N3O4/c1-2-9-25(11-18(27)24-17-10-13(22)7-8-16(17)23)19(28)12-26-20(29)14-5-3-4-6-15(14)21(26)30/h7-8,10,14-15H,2-6,9,11-12H2,1H3,(H,24,27)/t14-,15-/m0/s1. The van der Waals surface area contributed by atoms with Crippen LogP contribution in [-0.4, -0.2) is 53.1 Å². The Bertz CT molecular complexity index is 837. The lowest BCUT2D eigenvalue weighted by atomic mass is 9.81. The van der Waals surface area contributed by atoms with Crippen molar-refractivity contribution >= 4 is 52.5 Å². The Morgan fingerprint density at radius 1 is 1.13 bits per heavy atom. The van der Waals surface area contributed by atoms with E-state index in [4.69, 9.17) is 23.2 Å². The van der Waals surface area contributed by atoms with Crippen LogP contribution in [0.3, 0.4) is 0 Å². The Morgan fingerprint density at radius 3 is 2.37 bits per heavy atom. The van der Waals surface area contributed by atoms with Gasteiger partial charge in [-0.25, -0.2) is 0 Å². The summed E-state index contributed by atoms with van der Waals surface area (Å²) in [7, 11) is 0. The second kappa shape index (κ2) is 9.79. The molecule has 0 spiro atoms. The number of amides is 4. The van der Waals surface area contributed by atoms with E-state index in [1.54, 1.807) is 12.1 Å². The molecule has 0 radical (unpaired) electrons. The molecule has 30 heavy (non-hydrogen) atoms. The van der Waals surface area contributed by atoms with Crippen molar-refractivity contribution in [2.45, 2.75) is 39.0 Å². The SMILES string of the molecule is CCCN(CC(=O)Nc1cc(Cl)ccc1Cl)C(=O)CN1C(=O)[C@H]2CCCC[C@@H]2C1=O. The van der Waals surface area contributed by atoms with Crippen LogP contribution in [0.4, 0.5) is 5.69 Å². The van der Waals surface area contributed by atoms with Crippen molar-refractivity contribution in [3.8, 4) is 0 Å². The molecule has 162 valence electrons. The van der Waals surface area contributed by atoms with Gasteiger partial charge in [0.25, 0.3) is 0 Å². The number of rotatable bonds is 7. The minimum Gasteiger partial charge on any atom is -0.332 e. The molecule has 0 bridgehead atoms. The number of carbonyl (C=O) groups is 4. The predicted molar refractivity (Wildman–Crippen MR) is 114 cm³/mol. The Hall–Kier alpha value is -2.12. The van der Waals surface area contributed by atoms with E-state index >= 15 is 0 Å². The second-order valence-corrected chi connectivity index (χ2v) is 8.59. The van der Waals surface area contributed by atoms with Crippen molar-refractivity contribution in [1.82, 2.24) is 9.80 Å². The normalized spacial score (nSPS) is 20.8. The molecule has 1 aromatic carbocycles. The summed E-state index contributed by atoms with van der Waals surface area (Å²) in [6.07, 6.45) is 3.87. The van der Waals surface area contributed by atoms with Gasteiger partial charge in [-0.15, -0.1) is 0 Å². The average molecular weight is 454 g/mol. The highest BCUT2D eigenvalue weighted by Gasteiger charge is 2.48. The van der Waals surface area contributed by atoms with Crippen LogP contribution < -0.4 is 5.32 Å². The van der Waals surface area contributed by atoms with Crippen LogP contribution in [0.5, 0.6) is 0 Å². The zero-order valence-corrected chi connectivity index (χ0v) is 18.3. The molecule has 2 atom stereocenters. The lowest BCUT2D eigenvalue weighted by Crippen LogP contribution is -2.46. The van der Waals surface area contributed by atoms with Crippen LogP contribution in [-0.2, 0) is 19.2 Å². The van der Waals surface area contributed by atoms with Crippen molar-refractivity contribution in [1.29, 1.82) is 0 Å². The highest BCUT2D eigenvalue weighted by atomic mass is 35.5. The van der Waals surface area contributed by atoms with Gasteiger partial charge in [-0.05, 0) is 37.5 Å². The van der Waals surface area contributed by atoms with Gasteiger partial charge in [0.1, 0.15) is 6.54 Å². The molecular formula is C21H25Cl2N3O4. The summed E-state index contributed by atoms with van der Waals surface area (Å²) >= 11 is 12.0. The van der Waals surface area contributed by atoms with E-state index in [2.05, 4.69) is 5.32 Å². The number of benzene rings is 1. The largest absolute Gasteiger partial charge is 0.332 e. The van der Waals surface area contributed by atoms with Gasteiger partial charge in [-0.1, -0.05) is 43.0 Å². The molecule has 4 amide bonds. The number of hydrogen-bond donors (Lipinski definition) is 1. The predicted octanol–water partition coefficient (Wildman–Crippen LogP) is 3.35. The molecule has 1 N–H and O–H groups in total. The van der Waals surface area contributed by atoms with Crippen LogP contribution in [0, 0.1) is 11.8 Å². The number of halogens is 2. The quantitative estimate of drug-likeness (QED) is 0.641. The number of hydrogen-bond acceptors (Lipinski definition) is 4. The second-order valence-electron chi connectivity index (χ2n) is 7.75.